The van der Waals surface area contributed by atoms with Gasteiger partial charge in [0.1, 0.15) is 10.7 Å². The maximum absolute atomic E-state index is 13.2. The number of hydrogen-bond acceptors (Lipinski definition) is 6. The van der Waals surface area contributed by atoms with Crippen LogP contribution in [-0.2, 0) is 6.54 Å². The molecule has 26 heavy (non-hydrogen) atoms. The number of nitrogen functional groups attached to an aromatic ring is 1. The number of aromatic nitrogens is 5. The number of benzene rings is 1. The number of fused-ring (bicyclic) bond motifs is 1. The molecule has 0 radical (unpaired) electrons. The predicted octanol–water partition coefficient (Wildman–Crippen LogP) is 2.80. The summed E-state index contributed by atoms with van der Waals surface area (Å²) in [5.74, 6) is 0.676. The highest BCUT2D eigenvalue weighted by atomic mass is 32.1. The molecular weight excluding hydrogens is 348 g/mol. The Balaban J connectivity index is 1.94. The third-order valence-corrected chi connectivity index (χ3v) is 5.40. The van der Waals surface area contributed by atoms with E-state index in [0.29, 0.717) is 11.2 Å². The van der Waals surface area contributed by atoms with Crippen molar-refractivity contribution in [3.05, 3.63) is 56.7 Å². The summed E-state index contributed by atoms with van der Waals surface area (Å²) < 4.78 is 1.53. The van der Waals surface area contributed by atoms with Gasteiger partial charge in [-0.3, -0.25) is 14.5 Å². The lowest BCUT2D eigenvalue weighted by molar-refractivity contribution is 0.710. The number of nitrogens with two attached hydrogens (primary N) is 1. The third kappa shape index (κ3) is 2.68. The summed E-state index contributed by atoms with van der Waals surface area (Å²) in [6.07, 6.45) is 1.55. The van der Waals surface area contributed by atoms with Crippen LogP contribution in [0.3, 0.4) is 0 Å². The van der Waals surface area contributed by atoms with E-state index >= 15 is 0 Å². The molecule has 0 saturated heterocycles. The Labute approximate surface area is 153 Å². The molecule has 0 atom stereocenters. The van der Waals surface area contributed by atoms with E-state index in [1.807, 2.05) is 6.92 Å². The molecule has 132 valence electrons. The monoisotopic (exact) mass is 366 g/mol. The lowest BCUT2D eigenvalue weighted by Gasteiger charge is -2.09. The first kappa shape index (κ1) is 16.5. The van der Waals surface area contributed by atoms with Crippen LogP contribution in [0.15, 0.2) is 29.3 Å². The normalized spacial score (nSPS) is 11.3. The largest absolute Gasteiger partial charge is 0.367 e. The van der Waals surface area contributed by atoms with Crippen molar-refractivity contribution >= 4 is 27.5 Å². The smallest absolute Gasteiger partial charge is 0.263 e. The number of aryl methyl sites for hydroxylation is 3. The molecular formula is C18H18N6OS. The van der Waals surface area contributed by atoms with Gasteiger partial charge in [-0.1, -0.05) is 23.8 Å². The van der Waals surface area contributed by atoms with Crippen molar-refractivity contribution in [1.29, 1.82) is 0 Å². The van der Waals surface area contributed by atoms with Crippen molar-refractivity contribution in [2.24, 2.45) is 0 Å². The zero-order chi connectivity index (χ0) is 18.4. The minimum absolute atomic E-state index is 0.0924. The van der Waals surface area contributed by atoms with Gasteiger partial charge < -0.3 is 5.73 Å². The molecule has 0 aliphatic rings. The lowest BCUT2D eigenvalue weighted by Crippen LogP contribution is -2.21. The summed E-state index contributed by atoms with van der Waals surface area (Å²) in [5.41, 5.74) is 9.79. The molecule has 4 aromatic rings. The molecule has 7 nitrogen and oxygen atoms in total. The number of nitrogens with one attached hydrogen (secondary N) is 1. The van der Waals surface area contributed by atoms with Gasteiger partial charge >= 0.3 is 0 Å². The number of nitrogens with zero attached hydrogens (tertiary/aromatic N) is 4. The highest BCUT2D eigenvalue weighted by molar-refractivity contribution is 7.19. The average molecular weight is 366 g/mol. The Hall–Kier alpha value is -3.00. The number of hydrogen-bond donors (Lipinski definition) is 2. The quantitative estimate of drug-likeness (QED) is 0.580. The van der Waals surface area contributed by atoms with Gasteiger partial charge in [0, 0.05) is 10.4 Å². The molecule has 0 aliphatic carbocycles. The highest BCUT2D eigenvalue weighted by Gasteiger charge is 2.18. The van der Waals surface area contributed by atoms with Crippen LogP contribution >= 0.6 is 11.3 Å². The fourth-order valence-corrected chi connectivity index (χ4v) is 4.12. The number of aromatic amines is 1. The van der Waals surface area contributed by atoms with Crippen LogP contribution in [-0.4, -0.2) is 24.7 Å². The zero-order valence-corrected chi connectivity index (χ0v) is 15.5. The van der Waals surface area contributed by atoms with Crippen LogP contribution in [0, 0.1) is 20.8 Å². The molecule has 0 aliphatic heterocycles. The summed E-state index contributed by atoms with van der Waals surface area (Å²) in [7, 11) is 0. The Morgan fingerprint density at radius 2 is 2.08 bits per heavy atom. The average Bonchev–Trinajstić information content (AvgIpc) is 3.15. The summed E-state index contributed by atoms with van der Waals surface area (Å²) >= 11 is 1.54. The van der Waals surface area contributed by atoms with Crippen molar-refractivity contribution in [3.63, 3.8) is 0 Å². The number of thiophene rings is 1. The van der Waals surface area contributed by atoms with E-state index in [9.17, 15) is 4.79 Å². The van der Waals surface area contributed by atoms with Gasteiger partial charge in [0.15, 0.2) is 0 Å². The van der Waals surface area contributed by atoms with Gasteiger partial charge in [-0.2, -0.15) is 4.98 Å². The van der Waals surface area contributed by atoms with Crippen molar-refractivity contribution in [2.45, 2.75) is 27.3 Å². The van der Waals surface area contributed by atoms with Crippen molar-refractivity contribution in [3.8, 4) is 11.1 Å². The van der Waals surface area contributed by atoms with Gasteiger partial charge in [0.2, 0.25) is 5.95 Å². The predicted molar refractivity (Wildman–Crippen MR) is 103 cm³/mol. The van der Waals surface area contributed by atoms with Gasteiger partial charge in [-0.25, -0.2) is 4.98 Å². The van der Waals surface area contributed by atoms with Crippen LogP contribution in [0.5, 0.6) is 0 Å². The van der Waals surface area contributed by atoms with Gasteiger partial charge in [-0.05, 0) is 31.9 Å². The Bertz CT molecular complexity index is 1190. The Morgan fingerprint density at radius 1 is 1.27 bits per heavy atom. The molecule has 3 heterocycles. The fraction of sp³-hybridized carbons (Fsp3) is 0.222. The molecule has 4 rings (SSSR count). The van der Waals surface area contributed by atoms with E-state index in [0.717, 1.165) is 32.0 Å². The number of H-pyrrole nitrogens is 1. The first-order valence-electron chi connectivity index (χ1n) is 8.17. The van der Waals surface area contributed by atoms with Crippen molar-refractivity contribution in [1.82, 2.24) is 24.7 Å². The minimum atomic E-state index is -0.0924. The Morgan fingerprint density at radius 3 is 2.81 bits per heavy atom. The third-order valence-electron chi connectivity index (χ3n) is 4.39. The Kier molecular flexibility index (Phi) is 3.84. The summed E-state index contributed by atoms with van der Waals surface area (Å²) in [4.78, 5) is 23.6. The van der Waals surface area contributed by atoms with E-state index in [-0.39, 0.29) is 18.1 Å². The molecule has 1 aromatic carbocycles. The standard InChI is InChI=1S/C18H18N6OS/c1-9-4-5-10(2)12(6-9)14-11(3)26-16-15(14)17(25)24(8-20-16)7-13-21-18(19)23-22-13/h4-6,8H,7H2,1-3H3,(H3,19,21,22,23). The zero-order valence-electron chi connectivity index (χ0n) is 14.7. The molecule has 3 aromatic heterocycles. The molecule has 3 N–H and O–H groups in total. The number of rotatable bonds is 3. The molecule has 8 heteroatoms. The fourth-order valence-electron chi connectivity index (χ4n) is 3.12. The van der Waals surface area contributed by atoms with Gasteiger partial charge in [0.05, 0.1) is 18.3 Å². The van der Waals surface area contributed by atoms with E-state index in [1.165, 1.54) is 4.57 Å². The second-order valence-corrected chi connectivity index (χ2v) is 7.55. The molecule has 0 unspecified atom stereocenters. The van der Waals surface area contributed by atoms with Crippen LogP contribution in [0.2, 0.25) is 0 Å². The van der Waals surface area contributed by atoms with E-state index in [4.69, 9.17) is 5.73 Å². The van der Waals surface area contributed by atoms with E-state index in [1.54, 1.807) is 17.7 Å². The summed E-state index contributed by atoms with van der Waals surface area (Å²) in [5, 5.41) is 7.18. The van der Waals surface area contributed by atoms with E-state index < -0.39 is 0 Å². The van der Waals surface area contributed by atoms with Crippen LogP contribution in [0.4, 0.5) is 5.95 Å². The number of anilines is 1. The molecule has 0 fully saturated rings. The van der Waals surface area contributed by atoms with Gasteiger partial charge in [-0.15, -0.1) is 16.4 Å². The van der Waals surface area contributed by atoms with Crippen LogP contribution < -0.4 is 11.3 Å². The highest BCUT2D eigenvalue weighted by Crippen LogP contribution is 2.37. The molecule has 0 spiro atoms. The van der Waals surface area contributed by atoms with Crippen molar-refractivity contribution in [2.75, 3.05) is 5.73 Å². The first-order chi connectivity index (χ1) is 12.4. The molecule has 0 bridgehead atoms. The second kappa shape index (κ2) is 6.06. The minimum Gasteiger partial charge on any atom is -0.367 e. The van der Waals surface area contributed by atoms with Crippen LogP contribution in [0.25, 0.3) is 21.3 Å². The maximum atomic E-state index is 13.2. The molecule has 0 saturated carbocycles. The maximum Gasteiger partial charge on any atom is 0.263 e. The SMILES string of the molecule is Cc1ccc(C)c(-c2c(C)sc3ncn(Cc4nc(N)n[nH]4)c(=O)c23)c1. The molecule has 0 amide bonds. The summed E-state index contributed by atoms with van der Waals surface area (Å²) in [6.45, 7) is 6.39. The van der Waals surface area contributed by atoms with E-state index in [2.05, 4.69) is 52.2 Å². The second-order valence-electron chi connectivity index (χ2n) is 6.35. The summed E-state index contributed by atoms with van der Waals surface area (Å²) in [6, 6.07) is 6.28. The van der Waals surface area contributed by atoms with Gasteiger partial charge in [0.25, 0.3) is 5.56 Å². The first-order valence-corrected chi connectivity index (χ1v) is 8.98. The lowest BCUT2D eigenvalue weighted by atomic mass is 9.97. The van der Waals surface area contributed by atoms with Crippen LogP contribution in [0.1, 0.15) is 21.8 Å². The van der Waals surface area contributed by atoms with Crippen molar-refractivity contribution < 1.29 is 0 Å². The topological polar surface area (TPSA) is 102 Å².